The zero-order chi connectivity index (χ0) is 27.4. The van der Waals surface area contributed by atoms with E-state index in [0.717, 1.165) is 6.07 Å². The summed E-state index contributed by atoms with van der Waals surface area (Å²) in [5.74, 6) is -3.84. The number of nitriles is 1. The molecule has 0 spiro atoms. The molecule has 0 saturated carbocycles. The average molecular weight is 504 g/mol. The maximum Gasteiger partial charge on any atom is 0.411 e. The van der Waals surface area contributed by atoms with E-state index in [1.165, 1.54) is 23.5 Å². The molecule has 0 atom stereocenters. The van der Waals surface area contributed by atoms with Gasteiger partial charge >= 0.3 is 6.09 Å². The summed E-state index contributed by atoms with van der Waals surface area (Å²) in [5.41, 5.74) is 0.0437. The highest BCUT2D eigenvalue weighted by Crippen LogP contribution is 2.38. The molecule has 0 aliphatic carbocycles. The van der Waals surface area contributed by atoms with E-state index >= 15 is 0 Å². The van der Waals surface area contributed by atoms with E-state index in [0.29, 0.717) is 0 Å². The Morgan fingerprint density at radius 1 is 1.47 bits per heavy atom. The highest BCUT2D eigenvalue weighted by molar-refractivity contribution is 9.10. The average Bonchev–Trinajstić information content (AvgIpc) is 2.70. The van der Waals surface area contributed by atoms with Crippen LogP contribution in [0.2, 0.25) is 5.02 Å². The SMILES string of the molecule is [2H]C([2H])([2H])C(c1cc(Oc2c(Cl)cc(NN=C(C#N)C(=O)NC(=O)O)cc2Br)n[nH]c1=O)C([2H])([2H])[2H]. The summed E-state index contributed by atoms with van der Waals surface area (Å²) in [7, 11) is 0. The van der Waals surface area contributed by atoms with Crippen LogP contribution in [0.15, 0.2) is 32.6 Å². The Labute approximate surface area is 191 Å². The van der Waals surface area contributed by atoms with E-state index in [2.05, 4.69) is 31.6 Å². The van der Waals surface area contributed by atoms with Crippen LogP contribution in [0.3, 0.4) is 0 Å². The third-order valence-corrected chi connectivity index (χ3v) is 4.03. The van der Waals surface area contributed by atoms with Crippen LogP contribution >= 0.6 is 27.5 Å². The predicted molar refractivity (Wildman–Crippen MR) is 111 cm³/mol. The number of benzene rings is 1. The van der Waals surface area contributed by atoms with Crippen molar-refractivity contribution in [3.63, 3.8) is 0 Å². The lowest BCUT2D eigenvalue weighted by Gasteiger charge is -2.12. The van der Waals surface area contributed by atoms with Crippen LogP contribution in [0.4, 0.5) is 10.5 Å². The summed E-state index contributed by atoms with van der Waals surface area (Å²) < 4.78 is 50.9. The summed E-state index contributed by atoms with van der Waals surface area (Å²) in [6, 6.07) is 4.85. The number of aromatic amines is 1. The van der Waals surface area contributed by atoms with Crippen molar-refractivity contribution >= 4 is 50.9 Å². The third kappa shape index (κ3) is 5.79. The second-order valence-electron chi connectivity index (χ2n) is 5.24. The van der Waals surface area contributed by atoms with Gasteiger partial charge < -0.3 is 9.84 Å². The van der Waals surface area contributed by atoms with Gasteiger partial charge in [0, 0.05) is 19.9 Å². The van der Waals surface area contributed by atoms with Gasteiger partial charge in [0.2, 0.25) is 11.6 Å². The molecule has 0 aliphatic rings. The van der Waals surface area contributed by atoms with Gasteiger partial charge in [0.15, 0.2) is 5.75 Å². The van der Waals surface area contributed by atoms with Crippen LogP contribution < -0.4 is 21.0 Å². The largest absolute Gasteiger partial charge is 0.465 e. The molecule has 156 valence electrons. The topological polar surface area (TPSA) is 170 Å². The van der Waals surface area contributed by atoms with Crippen molar-refractivity contribution in [2.75, 3.05) is 5.43 Å². The number of hydrogen-bond acceptors (Lipinski definition) is 8. The summed E-state index contributed by atoms with van der Waals surface area (Å²) in [6.07, 6.45) is -1.68. The molecule has 0 aliphatic heterocycles. The number of halogens is 2. The van der Waals surface area contributed by atoms with Crippen LogP contribution in [0.1, 0.15) is 33.4 Å². The number of hydrogen-bond donors (Lipinski definition) is 4. The van der Waals surface area contributed by atoms with E-state index in [9.17, 15) is 14.4 Å². The molecule has 0 bridgehead atoms. The fourth-order valence-corrected chi connectivity index (χ4v) is 2.81. The van der Waals surface area contributed by atoms with Crippen molar-refractivity contribution in [1.82, 2.24) is 15.5 Å². The van der Waals surface area contributed by atoms with Crippen molar-refractivity contribution in [2.45, 2.75) is 19.6 Å². The van der Waals surface area contributed by atoms with Crippen molar-refractivity contribution in [2.24, 2.45) is 5.10 Å². The normalized spacial score (nSPS) is 14.8. The second kappa shape index (κ2) is 9.86. The van der Waals surface area contributed by atoms with E-state index in [1.807, 2.05) is 5.10 Å². The minimum Gasteiger partial charge on any atom is -0.465 e. The van der Waals surface area contributed by atoms with Crippen LogP contribution in [0, 0.1) is 11.3 Å². The lowest BCUT2D eigenvalue weighted by atomic mass is 10.1. The van der Waals surface area contributed by atoms with Gasteiger partial charge in [0.05, 0.1) is 15.2 Å². The number of amides is 2. The zero-order valence-corrected chi connectivity index (χ0v) is 16.8. The lowest BCUT2D eigenvalue weighted by Crippen LogP contribution is -2.34. The number of carboxylic acid groups (broad SMARTS) is 1. The summed E-state index contributed by atoms with van der Waals surface area (Å²) in [6.45, 7) is -6.07. The van der Waals surface area contributed by atoms with Gasteiger partial charge in [-0.05, 0) is 34.0 Å². The number of carbonyl (C=O) groups excluding carboxylic acids is 1. The number of ether oxygens (including phenoxy) is 1. The Kier molecular flexibility index (Phi) is 5.07. The van der Waals surface area contributed by atoms with Crippen LogP contribution in [-0.2, 0) is 4.79 Å². The molecule has 0 radical (unpaired) electrons. The molecule has 1 aromatic carbocycles. The van der Waals surface area contributed by atoms with Gasteiger partial charge in [-0.15, -0.1) is 5.10 Å². The second-order valence-corrected chi connectivity index (χ2v) is 6.50. The summed E-state index contributed by atoms with van der Waals surface area (Å²) >= 11 is 9.37. The lowest BCUT2D eigenvalue weighted by molar-refractivity contribution is -0.114. The quantitative estimate of drug-likeness (QED) is 0.344. The first kappa shape index (κ1) is 15.4. The summed E-state index contributed by atoms with van der Waals surface area (Å²) in [4.78, 5) is 34.3. The minimum atomic E-state index is -3.04. The van der Waals surface area contributed by atoms with Gasteiger partial charge in [-0.3, -0.25) is 20.3 Å². The van der Waals surface area contributed by atoms with E-state index in [-0.39, 0.29) is 26.8 Å². The molecule has 30 heavy (non-hydrogen) atoms. The maximum atomic E-state index is 12.2. The van der Waals surface area contributed by atoms with Crippen LogP contribution in [0.25, 0.3) is 0 Å². The van der Waals surface area contributed by atoms with E-state index in [4.69, 9.17) is 34.9 Å². The zero-order valence-electron chi connectivity index (χ0n) is 20.5. The van der Waals surface area contributed by atoms with Gasteiger partial charge in [0.1, 0.15) is 6.07 Å². The van der Waals surface area contributed by atoms with Crippen LogP contribution in [-0.4, -0.2) is 33.0 Å². The fourth-order valence-electron chi connectivity index (χ4n) is 1.90. The number of nitrogens with zero attached hydrogens (tertiary/aromatic N) is 3. The number of hydrazone groups is 1. The molecule has 1 aromatic heterocycles. The molecule has 11 nitrogen and oxygen atoms in total. The Bertz CT molecular complexity index is 1290. The number of rotatable bonds is 6. The van der Waals surface area contributed by atoms with Crippen molar-refractivity contribution in [3.05, 3.63) is 43.6 Å². The number of imide groups is 1. The molecule has 2 aromatic rings. The molecule has 4 N–H and O–H groups in total. The van der Waals surface area contributed by atoms with E-state index < -0.39 is 48.5 Å². The Morgan fingerprint density at radius 2 is 2.20 bits per heavy atom. The Hall–Kier alpha value is -3.43. The van der Waals surface area contributed by atoms with Crippen molar-refractivity contribution < 1.29 is 27.7 Å². The molecule has 13 heteroatoms. The van der Waals surface area contributed by atoms with Crippen molar-refractivity contribution in [3.8, 4) is 17.7 Å². The predicted octanol–water partition coefficient (Wildman–Crippen LogP) is 3.19. The molecular formula is C17H14BrClN6O5. The first-order valence-corrected chi connectivity index (χ1v) is 8.76. The fraction of sp³-hybridized carbons (Fsp3) is 0.176. The monoisotopic (exact) mass is 502 g/mol. The Morgan fingerprint density at radius 3 is 2.80 bits per heavy atom. The molecule has 2 amide bonds. The number of nitrogens with one attached hydrogen (secondary N) is 3. The highest BCUT2D eigenvalue weighted by atomic mass is 79.9. The third-order valence-electron chi connectivity index (χ3n) is 3.16. The van der Waals surface area contributed by atoms with E-state index in [1.54, 1.807) is 0 Å². The smallest absolute Gasteiger partial charge is 0.411 e. The number of anilines is 1. The van der Waals surface area contributed by atoms with Gasteiger partial charge in [0.25, 0.3) is 11.5 Å². The van der Waals surface area contributed by atoms with Gasteiger partial charge in [-0.2, -0.15) is 10.4 Å². The molecule has 2 rings (SSSR count). The van der Waals surface area contributed by atoms with Gasteiger partial charge in [-0.1, -0.05) is 25.3 Å². The van der Waals surface area contributed by atoms with Gasteiger partial charge in [-0.25, -0.2) is 9.89 Å². The highest BCUT2D eigenvalue weighted by Gasteiger charge is 2.16. The molecule has 0 unspecified atom stereocenters. The first-order valence-electron chi connectivity index (χ1n) is 10.6. The molecule has 0 saturated heterocycles. The maximum absolute atomic E-state index is 12.2. The standard InChI is InChI=1S/C17H14BrClN6O5/c1-7(2)9-5-13(24-25-15(9)26)30-14-10(18)3-8(4-11(14)19)22-23-12(6-20)16(27)21-17(28)29/h3-5,7,22H,1-2H3,(H,21,27)(H,25,26)(H,28,29)/i1D3,2D3. The summed E-state index contributed by atoms with van der Waals surface area (Å²) in [5, 5.41) is 28.0. The number of aromatic nitrogens is 2. The molecular weight excluding hydrogens is 484 g/mol. The first-order chi connectivity index (χ1) is 16.5. The van der Waals surface area contributed by atoms with Crippen LogP contribution in [0.5, 0.6) is 11.6 Å². The Balaban J connectivity index is 2.38. The molecule has 0 fully saturated rings. The number of H-pyrrole nitrogens is 1. The number of carbonyl (C=O) groups is 2. The molecule has 1 heterocycles. The van der Waals surface area contributed by atoms with Crippen molar-refractivity contribution in [1.29, 1.82) is 5.26 Å². The minimum absolute atomic E-state index is 0.0832.